The number of hydrogen-bond donors (Lipinski definition) is 1. The van der Waals surface area contributed by atoms with Crippen LogP contribution in [-0.2, 0) is 10.0 Å². The van der Waals surface area contributed by atoms with E-state index in [1.54, 1.807) is 32.0 Å². The molecule has 2 aromatic carbocycles. The van der Waals surface area contributed by atoms with Crippen LogP contribution in [0.3, 0.4) is 0 Å². The molecule has 0 saturated heterocycles. The van der Waals surface area contributed by atoms with E-state index in [1.165, 1.54) is 12.1 Å². The summed E-state index contributed by atoms with van der Waals surface area (Å²) in [6.45, 7) is 3.50. The minimum atomic E-state index is -3.72. The predicted octanol–water partition coefficient (Wildman–Crippen LogP) is 4.01. The monoisotopic (exact) mass is 357 g/mol. The van der Waals surface area contributed by atoms with E-state index in [2.05, 4.69) is 20.7 Å². The molecule has 6 heteroatoms. The molecule has 1 N–H and O–H groups in total. The van der Waals surface area contributed by atoms with E-state index in [1.807, 2.05) is 0 Å². The van der Waals surface area contributed by atoms with Gasteiger partial charge in [0.05, 0.1) is 10.6 Å². The zero-order valence-corrected chi connectivity index (χ0v) is 13.3. The number of hydrogen-bond acceptors (Lipinski definition) is 2. The van der Waals surface area contributed by atoms with Crippen LogP contribution in [0.15, 0.2) is 45.8 Å². The molecule has 0 saturated carbocycles. The second kappa shape index (κ2) is 5.54. The Hall–Kier alpha value is -1.40. The van der Waals surface area contributed by atoms with Crippen molar-refractivity contribution in [2.24, 2.45) is 0 Å². The molecule has 0 heterocycles. The van der Waals surface area contributed by atoms with Crippen molar-refractivity contribution < 1.29 is 12.8 Å². The third-order valence-corrected chi connectivity index (χ3v) is 5.00. The Balaban J connectivity index is 2.37. The van der Waals surface area contributed by atoms with E-state index in [4.69, 9.17) is 0 Å². The second-order valence-electron chi connectivity index (χ2n) is 4.53. The van der Waals surface area contributed by atoms with Crippen LogP contribution in [0.25, 0.3) is 0 Å². The number of nitrogens with one attached hydrogen (secondary N) is 1. The van der Waals surface area contributed by atoms with Gasteiger partial charge in [-0.05, 0) is 61.4 Å². The van der Waals surface area contributed by atoms with Crippen LogP contribution in [0.1, 0.15) is 11.1 Å². The van der Waals surface area contributed by atoms with Crippen molar-refractivity contribution >= 4 is 31.6 Å². The van der Waals surface area contributed by atoms with Gasteiger partial charge in [0.1, 0.15) is 5.82 Å². The van der Waals surface area contributed by atoms with Crippen LogP contribution in [0, 0.1) is 19.7 Å². The molecule has 106 valence electrons. The third-order valence-electron chi connectivity index (χ3n) is 2.73. The number of sulfonamides is 1. The molecule has 2 rings (SSSR count). The quantitative estimate of drug-likeness (QED) is 0.901. The van der Waals surface area contributed by atoms with Crippen molar-refractivity contribution in [1.82, 2.24) is 0 Å². The molecule has 0 aromatic heterocycles. The summed E-state index contributed by atoms with van der Waals surface area (Å²) >= 11 is 3.32. The van der Waals surface area contributed by atoms with Crippen molar-refractivity contribution in [2.45, 2.75) is 18.7 Å². The van der Waals surface area contributed by atoms with Gasteiger partial charge in [-0.25, -0.2) is 12.8 Å². The lowest BCUT2D eigenvalue weighted by molar-refractivity contribution is 0.601. The Morgan fingerprint density at radius 3 is 2.40 bits per heavy atom. The zero-order chi connectivity index (χ0) is 14.9. The summed E-state index contributed by atoms with van der Waals surface area (Å²) in [6.07, 6.45) is 0. The summed E-state index contributed by atoms with van der Waals surface area (Å²) in [5, 5.41) is 0. The Bertz CT molecular complexity index is 740. The van der Waals surface area contributed by atoms with Gasteiger partial charge in [0.25, 0.3) is 10.0 Å². The minimum Gasteiger partial charge on any atom is -0.280 e. The van der Waals surface area contributed by atoms with Gasteiger partial charge in [0, 0.05) is 4.47 Å². The maximum Gasteiger partial charge on any atom is 0.261 e. The number of benzene rings is 2. The zero-order valence-electron chi connectivity index (χ0n) is 10.9. The van der Waals surface area contributed by atoms with Gasteiger partial charge in [-0.1, -0.05) is 15.9 Å². The number of halogens is 2. The van der Waals surface area contributed by atoms with E-state index >= 15 is 0 Å². The second-order valence-corrected chi connectivity index (χ2v) is 7.07. The van der Waals surface area contributed by atoms with Gasteiger partial charge in [0.2, 0.25) is 0 Å². The highest BCUT2D eigenvalue weighted by atomic mass is 79.9. The molecule has 0 aliphatic rings. The summed E-state index contributed by atoms with van der Waals surface area (Å²) in [6, 6.07) is 8.77. The lowest BCUT2D eigenvalue weighted by Crippen LogP contribution is -2.13. The van der Waals surface area contributed by atoms with Gasteiger partial charge >= 0.3 is 0 Å². The Labute approximate surface area is 126 Å². The average molecular weight is 358 g/mol. The summed E-state index contributed by atoms with van der Waals surface area (Å²) in [5.74, 6) is -0.477. The van der Waals surface area contributed by atoms with Gasteiger partial charge in [-0.2, -0.15) is 0 Å². The summed E-state index contributed by atoms with van der Waals surface area (Å²) in [7, 11) is -3.72. The van der Waals surface area contributed by atoms with Crippen LogP contribution >= 0.6 is 15.9 Å². The molecule has 0 aliphatic heterocycles. The van der Waals surface area contributed by atoms with Crippen molar-refractivity contribution in [3.05, 3.63) is 57.8 Å². The molecule has 2 aromatic rings. The molecule has 0 radical (unpaired) electrons. The molecular formula is C14H13BrFNO2S. The molecular weight excluding hydrogens is 345 g/mol. The van der Waals surface area contributed by atoms with Crippen molar-refractivity contribution in [3.63, 3.8) is 0 Å². The first-order chi connectivity index (χ1) is 9.28. The van der Waals surface area contributed by atoms with Crippen molar-refractivity contribution in [3.8, 4) is 0 Å². The first kappa shape index (κ1) is 15.0. The highest BCUT2D eigenvalue weighted by Crippen LogP contribution is 2.23. The molecule has 0 fully saturated rings. The fourth-order valence-electron chi connectivity index (χ4n) is 1.79. The van der Waals surface area contributed by atoms with Crippen molar-refractivity contribution in [1.29, 1.82) is 0 Å². The smallest absolute Gasteiger partial charge is 0.261 e. The summed E-state index contributed by atoms with van der Waals surface area (Å²) in [4.78, 5) is 0.139. The van der Waals surface area contributed by atoms with Gasteiger partial charge < -0.3 is 0 Å². The van der Waals surface area contributed by atoms with E-state index in [0.29, 0.717) is 5.56 Å². The molecule has 0 atom stereocenters. The van der Waals surface area contributed by atoms with E-state index < -0.39 is 15.8 Å². The number of anilines is 1. The van der Waals surface area contributed by atoms with E-state index in [-0.39, 0.29) is 10.6 Å². The summed E-state index contributed by atoms with van der Waals surface area (Å²) in [5.41, 5.74) is 1.67. The fourth-order valence-corrected chi connectivity index (χ4v) is 3.17. The largest absolute Gasteiger partial charge is 0.280 e. The Morgan fingerprint density at radius 2 is 1.80 bits per heavy atom. The SMILES string of the molecule is Cc1cc(F)cc(NS(=O)(=O)c2ccc(Br)c(C)c2)c1. The number of rotatable bonds is 3. The molecule has 20 heavy (non-hydrogen) atoms. The lowest BCUT2D eigenvalue weighted by Gasteiger charge is -2.10. The molecule has 0 unspecified atom stereocenters. The van der Waals surface area contributed by atoms with E-state index in [9.17, 15) is 12.8 Å². The third kappa shape index (κ3) is 3.37. The maximum atomic E-state index is 13.3. The molecule has 0 amide bonds. The fraction of sp³-hybridized carbons (Fsp3) is 0.143. The Morgan fingerprint density at radius 1 is 1.10 bits per heavy atom. The summed E-state index contributed by atoms with van der Waals surface area (Å²) < 4.78 is 41.0. The van der Waals surface area contributed by atoms with Gasteiger partial charge in [-0.3, -0.25) is 4.72 Å². The highest BCUT2D eigenvalue weighted by Gasteiger charge is 2.15. The molecule has 0 bridgehead atoms. The van der Waals surface area contributed by atoms with E-state index in [0.717, 1.165) is 16.1 Å². The van der Waals surface area contributed by atoms with Gasteiger partial charge in [-0.15, -0.1) is 0 Å². The molecule has 0 spiro atoms. The van der Waals surface area contributed by atoms with Crippen molar-refractivity contribution in [2.75, 3.05) is 4.72 Å². The standard InChI is InChI=1S/C14H13BrFNO2S/c1-9-5-11(16)8-12(6-9)17-20(18,19)13-3-4-14(15)10(2)7-13/h3-8,17H,1-2H3. The lowest BCUT2D eigenvalue weighted by atomic mass is 10.2. The van der Waals surface area contributed by atoms with Crippen LogP contribution < -0.4 is 4.72 Å². The Kier molecular flexibility index (Phi) is 4.15. The minimum absolute atomic E-state index is 0.139. The normalized spacial score (nSPS) is 11.4. The molecule has 0 aliphatic carbocycles. The highest BCUT2D eigenvalue weighted by molar-refractivity contribution is 9.10. The van der Waals surface area contributed by atoms with Crippen LogP contribution in [0.5, 0.6) is 0 Å². The van der Waals surface area contributed by atoms with Crippen LogP contribution in [0.4, 0.5) is 10.1 Å². The molecule has 3 nitrogen and oxygen atoms in total. The first-order valence-electron chi connectivity index (χ1n) is 5.84. The average Bonchev–Trinajstić information content (AvgIpc) is 2.30. The number of aryl methyl sites for hydroxylation is 2. The van der Waals surface area contributed by atoms with Crippen LogP contribution in [-0.4, -0.2) is 8.42 Å². The topological polar surface area (TPSA) is 46.2 Å². The van der Waals surface area contributed by atoms with Gasteiger partial charge in [0.15, 0.2) is 0 Å². The van der Waals surface area contributed by atoms with Crippen LogP contribution in [0.2, 0.25) is 0 Å². The predicted molar refractivity (Wildman–Crippen MR) is 80.8 cm³/mol. The maximum absolute atomic E-state index is 13.3. The first-order valence-corrected chi connectivity index (χ1v) is 8.12.